The van der Waals surface area contributed by atoms with Crippen LogP contribution >= 0.6 is 0 Å². The van der Waals surface area contributed by atoms with Gasteiger partial charge in [0.25, 0.3) is 0 Å². The monoisotopic (exact) mass is 1980 g/mol. The summed E-state index contributed by atoms with van der Waals surface area (Å²) >= 11 is 0. The first kappa shape index (κ1) is 109. The van der Waals surface area contributed by atoms with Crippen LogP contribution in [0.5, 0.6) is 46.0 Å². The zero-order valence-electron chi connectivity index (χ0n) is 86.2. The van der Waals surface area contributed by atoms with Crippen LogP contribution in [0.1, 0.15) is 306 Å². The predicted octanol–water partition coefficient (Wildman–Crippen LogP) is 20.2. The van der Waals surface area contributed by atoms with E-state index in [9.17, 15) is 118 Å². The number of fused-ring (bicyclic) bond motifs is 11. The Bertz CT molecular complexity index is 7810. The van der Waals surface area contributed by atoms with Crippen molar-refractivity contribution < 1.29 is 137 Å². The number of esters is 1. The van der Waals surface area contributed by atoms with Crippen molar-refractivity contribution in [3.63, 3.8) is 0 Å². The molecule has 146 heavy (non-hydrogen) atoms. The number of methoxy groups -OCH3 is 4. The first-order valence-corrected chi connectivity index (χ1v) is 47.0. The first-order valence-electron chi connectivity index (χ1n) is 47.0. The molecule has 0 spiro atoms. The van der Waals surface area contributed by atoms with E-state index in [-0.39, 0.29) is 172 Å². The van der Waals surface area contributed by atoms with Crippen LogP contribution in [0.4, 0.5) is 0 Å². The van der Waals surface area contributed by atoms with Crippen LogP contribution in [-0.2, 0) is 67.9 Å². The van der Waals surface area contributed by atoms with Crippen molar-refractivity contribution in [1.82, 2.24) is 0 Å². The zero-order chi connectivity index (χ0) is 109. The second-order valence-electron chi connectivity index (χ2n) is 40.3. The second kappa shape index (κ2) is 39.5. The number of Topliss-reactive ketones (excluding diaryl/α,β-unsaturated/α-hetero) is 11. The molecule has 0 aromatic heterocycles. The van der Waals surface area contributed by atoms with E-state index in [0.29, 0.717) is 129 Å². The van der Waals surface area contributed by atoms with Crippen molar-refractivity contribution in [1.29, 1.82) is 0 Å². The van der Waals surface area contributed by atoms with Crippen molar-refractivity contribution in [3.8, 4) is 46.0 Å². The van der Waals surface area contributed by atoms with Gasteiger partial charge in [0.2, 0.25) is 11.6 Å². The Morgan fingerprint density at radius 1 is 0.349 bits per heavy atom. The largest absolute Gasteiger partial charge is 0.507 e. The molecule has 756 valence electrons. The number of carbonyl (C=O) groups is 16. The lowest BCUT2D eigenvalue weighted by Crippen LogP contribution is -2.56. The summed E-state index contributed by atoms with van der Waals surface area (Å²) in [4.78, 5) is 196. The molecular weight excluding hydrogens is 1870 g/mol. The quantitative estimate of drug-likeness (QED) is 0.0378. The highest BCUT2D eigenvalue weighted by Crippen LogP contribution is 2.56. The summed E-state index contributed by atoms with van der Waals surface area (Å²) in [6.07, 6.45) is 6.18. The average molecular weight is 1980 g/mol. The van der Waals surface area contributed by atoms with Crippen LogP contribution < -0.4 is 9.47 Å². The SMILES string of the molecule is CC1=CC(=O)c2ccccc2C1=O.CCc1c(C)cc2cc3c(c(O)c2c1O)C(=O)C(C)(O)C(=O)C3(C)C.CCc1c(C)cc2cc3c(c(O)c2c1O)C(O)=C(C)C(=O)C3(C)C.COC(=O)c1c(C)cc2cc3c(c(O)c2c1OC)C(=O)C(C)(CC(C)=O)C(=O)C3(C)C.COC1=CC(=O)c2ccccc2C1=O.COc1c(C(C)=O)c(C)cc2cc3c(c(O)c12)C(=O)C(C)(C)C(=O)C3(C)C.O=C1C=CC(=O)c2ccccc21. The van der Waals surface area contributed by atoms with Crippen LogP contribution in [-0.4, -0.2) is 168 Å². The lowest BCUT2D eigenvalue weighted by atomic mass is 9.58. The zero-order valence-corrected chi connectivity index (χ0v) is 86.2. The topological polar surface area (TPSA) is 472 Å². The molecule has 28 nitrogen and oxygen atoms in total. The fourth-order valence-corrected chi connectivity index (χ4v) is 21.0. The third kappa shape index (κ3) is 17.9. The van der Waals surface area contributed by atoms with Crippen molar-refractivity contribution in [2.24, 2.45) is 10.8 Å². The second-order valence-corrected chi connectivity index (χ2v) is 40.3. The lowest BCUT2D eigenvalue weighted by molar-refractivity contribution is -0.137. The predicted molar refractivity (Wildman–Crippen MR) is 549 cm³/mol. The van der Waals surface area contributed by atoms with E-state index in [0.717, 1.165) is 23.6 Å². The van der Waals surface area contributed by atoms with Crippen LogP contribution in [0.25, 0.3) is 48.8 Å². The molecule has 0 saturated heterocycles. The van der Waals surface area contributed by atoms with Gasteiger partial charge in [-0.25, -0.2) is 4.79 Å². The van der Waals surface area contributed by atoms with E-state index >= 15 is 0 Å². The van der Waals surface area contributed by atoms with Crippen LogP contribution in [0.15, 0.2) is 163 Å². The molecular formula is C118H116O28. The van der Waals surface area contributed by atoms with Gasteiger partial charge in [0.15, 0.2) is 80.8 Å². The standard InChI is InChI=1S/C24H26O7.C22H24O5.C20H22O5.C20H22O4.C11H8O3.C11H8O2.C10H6O2/c1-11-8-13-9-14-17(18(26)16(13)19(30-6)15(11)21(28)31-7)20(27)24(5,10-12(2)25)22(29)23(14,3)4;1-10-8-12-9-13-16(19(25)22(5,6)20(26)21(13,3)4)17(24)15(12)18(27-7)14(10)11(2)23;1-6-11-9(2)7-10-8-12-14(16(22)13(10)15(11)21)17(23)20(5,25)18(24)19(12,3)4;1-6-12-9(2)7-11-8-13-15(18(23)14(11)17(12)22)16(21)10(3)19(24)20(13,4)5;1-14-10-6-9(12)7-4-2-3-5-8(7)11(10)13;1-7-6-10(12)8-4-2-3-5-9(8)11(7)13;11-9-5-6-10(12)8-4-2-1-3-7(8)9/h8-9,26H,10H2,1-7H3;8-9,24H,1-7H3;7-8,21-22,25H,6H2,1-5H3;7-8,21-23H,6H2,1-5H3;2-6H,1H3;2-6H,1H3;1-6H. The number of ketones is 15. The smallest absolute Gasteiger partial charge is 0.341 e. The maximum Gasteiger partial charge on any atom is 0.341 e. The van der Waals surface area contributed by atoms with E-state index in [2.05, 4.69) is 0 Å². The van der Waals surface area contributed by atoms with Crippen molar-refractivity contribution in [2.45, 2.75) is 199 Å². The molecule has 11 aromatic rings. The Labute approximate surface area is 842 Å². The van der Waals surface area contributed by atoms with Crippen LogP contribution in [0.3, 0.4) is 0 Å². The minimum absolute atomic E-state index is 0.0289. The number of aromatic hydroxyl groups is 6. The van der Waals surface area contributed by atoms with E-state index in [1.54, 1.807) is 206 Å². The van der Waals surface area contributed by atoms with E-state index in [1.807, 2.05) is 39.8 Å². The van der Waals surface area contributed by atoms with E-state index in [1.165, 1.54) is 73.5 Å². The van der Waals surface area contributed by atoms with Crippen molar-refractivity contribution in [3.05, 3.63) is 285 Å². The van der Waals surface area contributed by atoms with Gasteiger partial charge in [0.05, 0.1) is 110 Å². The van der Waals surface area contributed by atoms with Gasteiger partial charge in [-0.15, -0.1) is 0 Å². The molecule has 0 aliphatic heterocycles. The summed E-state index contributed by atoms with van der Waals surface area (Å²) in [7, 11) is 5.40. The number of aryl methyl sites for hydroxylation is 4. The Balaban J connectivity index is 0.000000155. The normalized spacial score (nSPS) is 18.0. The number of carbonyl (C=O) groups excluding carboxylic acids is 16. The maximum atomic E-state index is 13.5. The Morgan fingerprint density at radius 3 is 1.11 bits per heavy atom. The summed E-state index contributed by atoms with van der Waals surface area (Å²) in [6, 6.07) is 34.5. The number of phenols is 6. The average Bonchev–Trinajstić information content (AvgIpc) is 0.713. The molecule has 11 aromatic carbocycles. The van der Waals surface area contributed by atoms with Gasteiger partial charge in [0.1, 0.15) is 63.1 Å². The third-order valence-corrected chi connectivity index (χ3v) is 28.7. The maximum absolute atomic E-state index is 13.5. The molecule has 2 atom stereocenters. The Hall–Kier alpha value is -16.1. The number of benzene rings is 11. The number of aliphatic hydroxyl groups is 2. The number of allylic oxidation sites excluding steroid dienone is 7. The highest BCUT2D eigenvalue weighted by atomic mass is 16.5. The summed E-state index contributed by atoms with van der Waals surface area (Å²) in [6.45, 7) is 36.5. The molecule has 0 heterocycles. The van der Waals surface area contributed by atoms with Gasteiger partial charge in [-0.2, -0.15) is 0 Å². The first-order chi connectivity index (χ1) is 68.0. The summed E-state index contributed by atoms with van der Waals surface area (Å²) < 4.78 is 20.6. The minimum atomic E-state index is -2.21. The van der Waals surface area contributed by atoms with Gasteiger partial charge in [-0.05, 0) is 271 Å². The number of phenolic OH excluding ortho intramolecular Hbond substituents is 6. The van der Waals surface area contributed by atoms with Crippen LogP contribution in [0, 0.1) is 38.5 Å². The van der Waals surface area contributed by atoms with E-state index in [4.69, 9.17) is 18.9 Å². The molecule has 0 saturated carbocycles. The molecule has 18 rings (SSSR count). The van der Waals surface area contributed by atoms with Gasteiger partial charge < -0.3 is 59.8 Å². The summed E-state index contributed by atoms with van der Waals surface area (Å²) in [5.74, 6) is -6.07. The minimum Gasteiger partial charge on any atom is -0.507 e. The number of hydrogen-bond donors (Lipinski definition) is 8. The Kier molecular flexibility index (Phi) is 29.5. The molecule has 28 heteroatoms. The molecule has 2 unspecified atom stereocenters. The number of hydrogen-bond acceptors (Lipinski definition) is 28. The van der Waals surface area contributed by atoms with Crippen molar-refractivity contribution in [2.75, 3.05) is 28.4 Å². The lowest BCUT2D eigenvalue weighted by Gasteiger charge is -2.41. The molecule has 7 aliphatic carbocycles. The molecule has 0 bridgehead atoms. The number of aliphatic hydroxyl groups excluding tert-OH is 1. The highest BCUT2D eigenvalue weighted by Gasteiger charge is 2.58. The van der Waals surface area contributed by atoms with E-state index < -0.39 is 67.2 Å². The molecule has 0 amide bonds. The molecule has 0 radical (unpaired) electrons. The van der Waals surface area contributed by atoms with Crippen molar-refractivity contribution >= 4 is 142 Å². The number of rotatable bonds is 9. The fourth-order valence-electron chi connectivity index (χ4n) is 21.0. The molecule has 0 fully saturated rings. The van der Waals surface area contributed by atoms with Gasteiger partial charge >= 0.3 is 5.97 Å². The van der Waals surface area contributed by atoms with Gasteiger partial charge in [0, 0.05) is 57.0 Å². The summed E-state index contributed by atoms with van der Waals surface area (Å²) in [5.41, 5.74) is 1.61. The molecule has 8 N–H and O–H groups in total. The van der Waals surface area contributed by atoms with Gasteiger partial charge in [-0.3, -0.25) is 71.9 Å². The van der Waals surface area contributed by atoms with Gasteiger partial charge in [-0.1, -0.05) is 111 Å². The Morgan fingerprint density at radius 2 is 0.699 bits per heavy atom. The number of ether oxygens (including phenoxy) is 4. The third-order valence-electron chi connectivity index (χ3n) is 28.7. The highest BCUT2D eigenvalue weighted by molar-refractivity contribution is 6.30. The molecule has 7 aliphatic rings. The summed E-state index contributed by atoms with van der Waals surface area (Å²) in [5, 5.41) is 89.5. The fraction of sp³-hybridized carbons (Fsp3) is 0.305. The van der Waals surface area contributed by atoms with Crippen LogP contribution in [0.2, 0.25) is 0 Å².